The van der Waals surface area contributed by atoms with Gasteiger partial charge in [-0.1, -0.05) is 24.8 Å². The van der Waals surface area contributed by atoms with E-state index in [9.17, 15) is 4.79 Å². The third kappa shape index (κ3) is 7.58. The van der Waals surface area contributed by atoms with E-state index in [1.165, 1.54) is 0 Å². The fourth-order valence-electron chi connectivity index (χ4n) is 0.683. The molecule has 0 fully saturated rings. The predicted octanol–water partition coefficient (Wildman–Crippen LogP) is 3.07. The first kappa shape index (κ1) is 14.2. The molecule has 0 saturated carbocycles. The zero-order valence-electron chi connectivity index (χ0n) is 8.64. The molecule has 0 radical (unpaired) electrons. The fraction of sp³-hybridized carbons (Fsp3) is 0.0909. The van der Waals surface area contributed by atoms with E-state index in [0.717, 1.165) is 0 Å². The minimum absolute atomic E-state index is 0.388. The summed E-state index contributed by atoms with van der Waals surface area (Å²) in [4.78, 5) is 19.8. The van der Waals surface area contributed by atoms with Crippen molar-refractivity contribution in [2.24, 2.45) is 0 Å². The van der Waals surface area contributed by atoms with Gasteiger partial charge >= 0.3 is 11.4 Å². The molecule has 1 aromatic rings. The first-order valence-electron chi connectivity index (χ1n) is 4.24. The number of esters is 1. The van der Waals surface area contributed by atoms with Gasteiger partial charge in [-0.3, -0.25) is 0 Å². The van der Waals surface area contributed by atoms with Gasteiger partial charge in [-0.25, -0.2) is 9.59 Å². The average molecular weight is 243 g/mol. The molecule has 0 amide bonds. The summed E-state index contributed by atoms with van der Waals surface area (Å²) in [5, 5.41) is 7.18. The van der Waals surface area contributed by atoms with Crippen LogP contribution >= 0.6 is 11.6 Å². The largest absolute Gasteiger partial charge is 0.469 e. The molecule has 0 aliphatic rings. The van der Waals surface area contributed by atoms with Gasteiger partial charge in [0.1, 0.15) is 5.75 Å². The lowest BCUT2D eigenvalue weighted by Crippen LogP contribution is -2.07. The van der Waals surface area contributed by atoms with Crippen molar-refractivity contribution < 1.29 is 19.4 Å². The summed E-state index contributed by atoms with van der Waals surface area (Å²) in [7, 11) is 0. The van der Waals surface area contributed by atoms with Gasteiger partial charge in [0.25, 0.3) is 0 Å². The number of halogens is 1. The van der Waals surface area contributed by atoms with Gasteiger partial charge in [0.2, 0.25) is 0 Å². The summed E-state index contributed by atoms with van der Waals surface area (Å²) >= 11 is 4.19. The van der Waals surface area contributed by atoms with Gasteiger partial charge in [0.15, 0.2) is 0 Å². The Hall–Kier alpha value is -1.81. The number of carboxylic acid groups (broad SMARTS) is 1. The molecule has 0 spiro atoms. The fourth-order valence-corrected chi connectivity index (χ4v) is 0.683. The molecule has 0 heterocycles. The minimum atomic E-state index is -1.36. The molecule has 4 nitrogen and oxygen atoms in total. The van der Waals surface area contributed by atoms with Crippen LogP contribution in [-0.4, -0.2) is 16.5 Å². The van der Waals surface area contributed by atoms with Crippen molar-refractivity contribution >= 4 is 23.0 Å². The monoisotopic (exact) mass is 242 g/mol. The van der Waals surface area contributed by atoms with Gasteiger partial charge in [0, 0.05) is 17.2 Å². The third-order valence-electron chi connectivity index (χ3n) is 1.30. The summed E-state index contributed by atoms with van der Waals surface area (Å²) in [6.45, 7) is 5.09. The second-order valence-electron chi connectivity index (χ2n) is 2.74. The molecule has 5 heteroatoms. The van der Waals surface area contributed by atoms with Gasteiger partial charge in [-0.2, -0.15) is 0 Å². The van der Waals surface area contributed by atoms with Crippen LogP contribution in [-0.2, 0) is 4.79 Å². The number of benzene rings is 1. The average Bonchev–Trinajstić information content (AvgIpc) is 2.18. The van der Waals surface area contributed by atoms with E-state index >= 15 is 0 Å². The van der Waals surface area contributed by atoms with Gasteiger partial charge in [-0.05, 0) is 19.1 Å². The minimum Gasteiger partial charge on any atom is -0.469 e. The van der Waals surface area contributed by atoms with Crippen molar-refractivity contribution in [2.45, 2.75) is 6.92 Å². The van der Waals surface area contributed by atoms with Crippen molar-refractivity contribution in [3.63, 3.8) is 0 Å². The number of hydrogen-bond acceptors (Lipinski definition) is 3. The lowest BCUT2D eigenvalue weighted by molar-refractivity contribution is -0.130. The smallest absolute Gasteiger partial charge is 0.401 e. The zero-order chi connectivity index (χ0) is 12.6. The van der Waals surface area contributed by atoms with Crippen LogP contribution in [0.5, 0.6) is 5.75 Å². The van der Waals surface area contributed by atoms with E-state index in [1.807, 2.05) is 6.07 Å². The molecule has 0 unspecified atom stereocenters. The summed E-state index contributed by atoms with van der Waals surface area (Å²) in [5.74, 6) is 0.159. The molecule has 1 aromatic carbocycles. The van der Waals surface area contributed by atoms with Gasteiger partial charge in [0.05, 0.1) is 0 Å². The number of rotatable bonds is 2. The maximum Gasteiger partial charge on any atom is 0.401 e. The van der Waals surface area contributed by atoms with Crippen LogP contribution in [0.25, 0.3) is 0 Å². The Labute approximate surface area is 98.1 Å². The quantitative estimate of drug-likeness (QED) is 0.375. The molecule has 86 valence electrons. The maximum absolute atomic E-state index is 11.0. The molecule has 16 heavy (non-hydrogen) atoms. The number of para-hydroxylation sites is 1. The SMILES string of the molecule is C=C(C)C(=O)Oc1ccccc1.O=C(O)Cl. The molecule has 0 aliphatic carbocycles. The van der Waals surface area contributed by atoms with E-state index in [0.29, 0.717) is 11.3 Å². The third-order valence-corrected chi connectivity index (χ3v) is 1.30. The summed E-state index contributed by atoms with van der Waals surface area (Å²) < 4.78 is 4.94. The van der Waals surface area contributed by atoms with Crippen LogP contribution in [0.1, 0.15) is 6.92 Å². The topological polar surface area (TPSA) is 63.6 Å². The van der Waals surface area contributed by atoms with Crippen LogP contribution in [0.15, 0.2) is 42.5 Å². The van der Waals surface area contributed by atoms with Crippen LogP contribution in [0.2, 0.25) is 0 Å². The summed E-state index contributed by atoms with van der Waals surface area (Å²) in [5.41, 5.74) is -0.959. The first-order valence-corrected chi connectivity index (χ1v) is 4.62. The molecule has 0 aliphatic heterocycles. The molecule has 1 N–H and O–H groups in total. The highest BCUT2D eigenvalue weighted by Crippen LogP contribution is 2.09. The normalized spacial score (nSPS) is 8.38. The second kappa shape index (κ2) is 7.48. The number of carbonyl (C=O) groups excluding carboxylic acids is 1. The van der Waals surface area contributed by atoms with Gasteiger partial charge in [-0.15, -0.1) is 0 Å². The van der Waals surface area contributed by atoms with Gasteiger partial charge < -0.3 is 9.84 Å². The van der Waals surface area contributed by atoms with E-state index in [2.05, 4.69) is 18.2 Å². The Kier molecular flexibility index (Phi) is 6.63. The van der Waals surface area contributed by atoms with Crippen molar-refractivity contribution in [3.8, 4) is 5.75 Å². The zero-order valence-corrected chi connectivity index (χ0v) is 9.40. The van der Waals surface area contributed by atoms with Crippen molar-refractivity contribution in [1.29, 1.82) is 0 Å². The Balaban J connectivity index is 0.000000487. The second-order valence-corrected chi connectivity index (χ2v) is 3.06. The van der Waals surface area contributed by atoms with Crippen LogP contribution in [0.3, 0.4) is 0 Å². The molecule has 0 saturated heterocycles. The summed E-state index contributed by atoms with van der Waals surface area (Å²) in [6, 6.07) is 8.92. The first-order chi connectivity index (χ1) is 7.43. The van der Waals surface area contributed by atoms with E-state index in [1.54, 1.807) is 31.2 Å². The Bertz CT molecular complexity index is 369. The maximum atomic E-state index is 11.0. The van der Waals surface area contributed by atoms with E-state index in [4.69, 9.17) is 14.6 Å². The molecular weight excluding hydrogens is 232 g/mol. The summed E-state index contributed by atoms with van der Waals surface area (Å²) in [6.07, 6.45) is 0. The Morgan fingerprint density at radius 3 is 2.12 bits per heavy atom. The lowest BCUT2D eigenvalue weighted by Gasteiger charge is -2.01. The molecule has 1 rings (SSSR count). The van der Waals surface area contributed by atoms with Crippen molar-refractivity contribution in [2.75, 3.05) is 0 Å². The van der Waals surface area contributed by atoms with E-state index < -0.39 is 5.43 Å². The highest BCUT2D eigenvalue weighted by molar-refractivity contribution is 6.60. The highest BCUT2D eigenvalue weighted by atomic mass is 35.5. The van der Waals surface area contributed by atoms with Crippen LogP contribution in [0.4, 0.5) is 4.79 Å². The van der Waals surface area contributed by atoms with Crippen LogP contribution in [0, 0.1) is 0 Å². The number of carbonyl (C=O) groups is 2. The number of hydrogen-bond donors (Lipinski definition) is 1. The molecular formula is C11H11ClO4. The standard InChI is InChI=1S/C10H10O2.CHClO2/c1-8(2)10(11)12-9-6-4-3-5-7-9;2-1(3)4/h3-7H,1H2,2H3;(H,3,4). The molecule has 0 atom stereocenters. The Morgan fingerprint density at radius 1 is 1.31 bits per heavy atom. The van der Waals surface area contributed by atoms with Crippen molar-refractivity contribution in [3.05, 3.63) is 42.5 Å². The lowest BCUT2D eigenvalue weighted by atomic mass is 10.3. The molecule has 0 aromatic heterocycles. The molecule has 0 bridgehead atoms. The Morgan fingerprint density at radius 2 is 1.75 bits per heavy atom. The number of ether oxygens (including phenoxy) is 1. The highest BCUT2D eigenvalue weighted by Gasteiger charge is 2.03. The van der Waals surface area contributed by atoms with Crippen molar-refractivity contribution in [1.82, 2.24) is 0 Å². The van der Waals surface area contributed by atoms with Crippen LogP contribution < -0.4 is 4.74 Å². The van der Waals surface area contributed by atoms with E-state index in [-0.39, 0.29) is 5.97 Å². The predicted molar refractivity (Wildman–Crippen MR) is 60.8 cm³/mol.